The Morgan fingerprint density at radius 3 is 2.42 bits per heavy atom. The topological polar surface area (TPSA) is 66.7 Å². The monoisotopic (exact) mass is 375 g/mol. The molecule has 0 bridgehead atoms. The smallest absolute Gasteiger partial charge is 0.220 e. The van der Waals surface area contributed by atoms with Gasteiger partial charge in [0.05, 0.1) is 0 Å². The Labute approximate surface area is 150 Å². The first-order chi connectivity index (χ1) is 12.5. The molecule has 1 aliphatic rings. The molecule has 26 heavy (non-hydrogen) atoms. The zero-order valence-corrected chi connectivity index (χ0v) is 14.8. The summed E-state index contributed by atoms with van der Waals surface area (Å²) in [4.78, 5) is 2.05. The standard InChI is InChI=1S/C18H18FN3O3S/c19-14-5-7-15(8-6-14)21-9-11-22(12-10-21)26(23,24)13-17-16-3-1-2-4-18(16)25-20-17/h1-8H,9-13H2. The second-order valence-corrected chi connectivity index (χ2v) is 8.21. The summed E-state index contributed by atoms with van der Waals surface area (Å²) >= 11 is 0. The van der Waals surface area contributed by atoms with Crippen LogP contribution in [0.3, 0.4) is 0 Å². The van der Waals surface area contributed by atoms with Crippen molar-refractivity contribution < 1.29 is 17.3 Å². The van der Waals surface area contributed by atoms with Crippen LogP contribution in [0.15, 0.2) is 53.1 Å². The Morgan fingerprint density at radius 1 is 1.00 bits per heavy atom. The largest absolute Gasteiger partial charge is 0.369 e. The Morgan fingerprint density at radius 2 is 1.69 bits per heavy atom. The molecule has 0 unspecified atom stereocenters. The van der Waals surface area contributed by atoms with Crippen molar-refractivity contribution in [1.82, 2.24) is 9.46 Å². The lowest BCUT2D eigenvalue weighted by Gasteiger charge is -2.35. The van der Waals surface area contributed by atoms with Gasteiger partial charge in [0.15, 0.2) is 5.58 Å². The third kappa shape index (κ3) is 3.30. The summed E-state index contributed by atoms with van der Waals surface area (Å²) in [6, 6.07) is 13.5. The first kappa shape index (κ1) is 17.0. The fourth-order valence-electron chi connectivity index (χ4n) is 3.18. The van der Waals surface area contributed by atoms with Crippen LogP contribution in [0.2, 0.25) is 0 Å². The van der Waals surface area contributed by atoms with Gasteiger partial charge in [0, 0.05) is 37.3 Å². The van der Waals surface area contributed by atoms with E-state index in [1.54, 1.807) is 18.2 Å². The van der Waals surface area contributed by atoms with E-state index in [9.17, 15) is 12.8 Å². The van der Waals surface area contributed by atoms with Gasteiger partial charge in [0.25, 0.3) is 0 Å². The third-order valence-electron chi connectivity index (χ3n) is 4.60. The molecular formula is C18H18FN3O3S. The summed E-state index contributed by atoms with van der Waals surface area (Å²) in [5, 5.41) is 4.64. The molecule has 0 spiro atoms. The Kier molecular flexibility index (Phi) is 4.37. The van der Waals surface area contributed by atoms with Gasteiger partial charge in [-0.05, 0) is 36.4 Å². The number of benzene rings is 2. The molecule has 1 aliphatic heterocycles. The number of para-hydroxylation sites is 1. The number of hydrogen-bond acceptors (Lipinski definition) is 5. The van der Waals surface area contributed by atoms with Gasteiger partial charge in [-0.3, -0.25) is 0 Å². The zero-order valence-electron chi connectivity index (χ0n) is 14.0. The van der Waals surface area contributed by atoms with Crippen molar-refractivity contribution in [2.24, 2.45) is 0 Å². The molecule has 0 saturated carbocycles. The number of sulfonamides is 1. The highest BCUT2D eigenvalue weighted by Gasteiger charge is 2.29. The van der Waals surface area contributed by atoms with Crippen molar-refractivity contribution in [2.45, 2.75) is 5.75 Å². The van der Waals surface area contributed by atoms with E-state index in [-0.39, 0.29) is 11.6 Å². The highest BCUT2D eigenvalue weighted by atomic mass is 32.2. The summed E-state index contributed by atoms with van der Waals surface area (Å²) in [7, 11) is -3.49. The molecule has 0 aliphatic carbocycles. The molecule has 0 radical (unpaired) electrons. The van der Waals surface area contributed by atoms with Crippen LogP contribution in [0.4, 0.5) is 10.1 Å². The highest BCUT2D eigenvalue weighted by molar-refractivity contribution is 7.88. The van der Waals surface area contributed by atoms with Crippen molar-refractivity contribution in [2.75, 3.05) is 31.1 Å². The number of piperazine rings is 1. The van der Waals surface area contributed by atoms with Gasteiger partial charge in [-0.2, -0.15) is 4.31 Å². The second kappa shape index (κ2) is 6.69. The summed E-state index contributed by atoms with van der Waals surface area (Å²) in [6.07, 6.45) is 0. The summed E-state index contributed by atoms with van der Waals surface area (Å²) in [5.41, 5.74) is 1.91. The fourth-order valence-corrected chi connectivity index (χ4v) is 4.64. The van der Waals surface area contributed by atoms with Gasteiger partial charge in [-0.15, -0.1) is 0 Å². The molecule has 136 valence electrons. The molecule has 1 aromatic heterocycles. The van der Waals surface area contributed by atoms with Crippen LogP contribution in [0.5, 0.6) is 0 Å². The fraction of sp³-hybridized carbons (Fsp3) is 0.278. The van der Waals surface area contributed by atoms with Crippen LogP contribution in [0.1, 0.15) is 5.69 Å². The number of rotatable bonds is 4. The summed E-state index contributed by atoms with van der Waals surface area (Å²) in [5.74, 6) is -0.463. The molecule has 0 N–H and O–H groups in total. The summed E-state index contributed by atoms with van der Waals surface area (Å²) < 4.78 is 45.2. The minimum absolute atomic E-state index is 0.180. The van der Waals surface area contributed by atoms with Gasteiger partial charge >= 0.3 is 0 Å². The van der Waals surface area contributed by atoms with Crippen molar-refractivity contribution in [3.63, 3.8) is 0 Å². The molecule has 2 aromatic carbocycles. The Hall–Kier alpha value is -2.45. The van der Waals surface area contributed by atoms with Gasteiger partial charge in [0.1, 0.15) is 17.3 Å². The molecular weight excluding hydrogens is 357 g/mol. The SMILES string of the molecule is O=S(=O)(Cc1noc2ccccc12)N1CCN(c2ccc(F)cc2)CC1. The van der Waals surface area contributed by atoms with E-state index < -0.39 is 10.0 Å². The average molecular weight is 375 g/mol. The van der Waals surface area contributed by atoms with Gasteiger partial charge in [-0.1, -0.05) is 17.3 Å². The van der Waals surface area contributed by atoms with Crippen molar-refractivity contribution in [3.05, 3.63) is 60.0 Å². The van der Waals surface area contributed by atoms with E-state index >= 15 is 0 Å². The quantitative estimate of drug-likeness (QED) is 0.701. The van der Waals surface area contributed by atoms with E-state index in [0.29, 0.717) is 37.5 Å². The van der Waals surface area contributed by atoms with Crippen LogP contribution >= 0.6 is 0 Å². The predicted molar refractivity (Wildman–Crippen MR) is 96.8 cm³/mol. The molecule has 3 aromatic rings. The Bertz CT molecular complexity index is 1010. The van der Waals surface area contributed by atoms with Crippen LogP contribution in [-0.2, 0) is 15.8 Å². The van der Waals surface area contributed by atoms with Crippen molar-refractivity contribution in [3.8, 4) is 0 Å². The minimum Gasteiger partial charge on any atom is -0.369 e. The van der Waals surface area contributed by atoms with Gasteiger partial charge in [0.2, 0.25) is 10.0 Å². The number of aromatic nitrogens is 1. The lowest BCUT2D eigenvalue weighted by Crippen LogP contribution is -2.49. The second-order valence-electron chi connectivity index (χ2n) is 6.24. The number of hydrogen-bond donors (Lipinski definition) is 0. The van der Waals surface area contributed by atoms with Crippen LogP contribution < -0.4 is 4.90 Å². The lowest BCUT2D eigenvalue weighted by molar-refractivity contribution is 0.383. The molecule has 0 atom stereocenters. The van der Waals surface area contributed by atoms with Gasteiger partial charge < -0.3 is 9.42 Å². The summed E-state index contributed by atoms with van der Waals surface area (Å²) in [6.45, 7) is 1.89. The van der Waals surface area contributed by atoms with E-state index in [1.165, 1.54) is 16.4 Å². The first-order valence-electron chi connectivity index (χ1n) is 8.34. The molecule has 8 heteroatoms. The van der Waals surface area contributed by atoms with Crippen LogP contribution in [0.25, 0.3) is 11.0 Å². The number of nitrogens with zero attached hydrogens (tertiary/aromatic N) is 3. The maximum Gasteiger partial charge on any atom is 0.220 e. The molecule has 2 heterocycles. The maximum atomic E-state index is 13.0. The normalized spacial score (nSPS) is 16.3. The highest BCUT2D eigenvalue weighted by Crippen LogP contribution is 2.23. The molecule has 1 saturated heterocycles. The van der Waals surface area contributed by atoms with E-state index in [0.717, 1.165) is 11.1 Å². The van der Waals surface area contributed by atoms with E-state index in [1.807, 2.05) is 18.2 Å². The van der Waals surface area contributed by atoms with Crippen LogP contribution in [-0.4, -0.2) is 44.1 Å². The number of fused-ring (bicyclic) bond motifs is 1. The molecule has 1 fully saturated rings. The van der Waals surface area contributed by atoms with E-state index in [2.05, 4.69) is 10.1 Å². The lowest BCUT2D eigenvalue weighted by atomic mass is 10.2. The van der Waals surface area contributed by atoms with Crippen molar-refractivity contribution >= 4 is 26.7 Å². The van der Waals surface area contributed by atoms with Crippen molar-refractivity contribution in [1.29, 1.82) is 0 Å². The molecule has 0 amide bonds. The Balaban J connectivity index is 1.45. The predicted octanol–water partition coefficient (Wildman–Crippen LogP) is 2.62. The minimum atomic E-state index is -3.49. The zero-order chi connectivity index (χ0) is 18.1. The number of halogens is 1. The maximum absolute atomic E-state index is 13.0. The van der Waals surface area contributed by atoms with Crippen LogP contribution in [0, 0.1) is 5.82 Å². The first-order valence-corrected chi connectivity index (χ1v) is 9.95. The van der Waals surface area contributed by atoms with Gasteiger partial charge in [-0.25, -0.2) is 12.8 Å². The molecule has 4 rings (SSSR count). The molecule has 6 nitrogen and oxygen atoms in total. The third-order valence-corrected chi connectivity index (χ3v) is 6.39. The average Bonchev–Trinajstić information content (AvgIpc) is 3.05. The van der Waals surface area contributed by atoms with E-state index in [4.69, 9.17) is 4.52 Å². The number of anilines is 1.